The van der Waals surface area contributed by atoms with Gasteiger partial charge in [-0.25, -0.2) is 4.98 Å². The molecule has 1 atom stereocenters. The zero-order chi connectivity index (χ0) is 23.8. The normalized spacial score (nSPS) is 15.7. The van der Waals surface area contributed by atoms with Crippen LogP contribution in [0.2, 0.25) is 5.02 Å². The standard InChI is InChI=1S/C22H21ClF3N5O2/c1-3-30-13-15(33-18-7-5-4-6-16(18)30)12-29(2)17-11-28-31(21(32)20(17)23)19-9-8-14(10-27-19)22(24,25)26/h4-11,15H,3,12-13H2,1-2H3/t15-/m0/s1. The lowest BCUT2D eigenvalue weighted by Gasteiger charge is -2.37. The Balaban J connectivity index is 1.54. The summed E-state index contributed by atoms with van der Waals surface area (Å²) in [5.41, 5.74) is -0.184. The number of anilines is 2. The van der Waals surface area contributed by atoms with Crippen molar-refractivity contribution in [3.63, 3.8) is 0 Å². The van der Waals surface area contributed by atoms with E-state index in [0.29, 0.717) is 25.0 Å². The van der Waals surface area contributed by atoms with Gasteiger partial charge < -0.3 is 14.5 Å². The minimum atomic E-state index is -4.52. The molecule has 0 amide bonds. The van der Waals surface area contributed by atoms with Crippen molar-refractivity contribution >= 4 is 23.0 Å². The van der Waals surface area contributed by atoms with Crippen molar-refractivity contribution < 1.29 is 17.9 Å². The molecular formula is C22H21ClF3N5O2. The third-order valence-corrected chi connectivity index (χ3v) is 5.74. The van der Waals surface area contributed by atoms with E-state index in [0.717, 1.165) is 34.8 Å². The molecule has 11 heteroatoms. The first-order valence-corrected chi connectivity index (χ1v) is 10.6. The molecule has 3 heterocycles. The lowest BCUT2D eigenvalue weighted by atomic mass is 10.2. The van der Waals surface area contributed by atoms with Gasteiger partial charge in [-0.05, 0) is 31.2 Å². The van der Waals surface area contributed by atoms with E-state index in [-0.39, 0.29) is 16.9 Å². The summed E-state index contributed by atoms with van der Waals surface area (Å²) in [4.78, 5) is 20.5. The Hall–Kier alpha value is -3.27. The second-order valence-electron chi connectivity index (χ2n) is 7.59. The SMILES string of the molecule is CCN1C[C@H](CN(C)c2cnn(-c3ccc(C(F)(F)F)cn3)c(=O)c2Cl)Oc2ccccc21. The fourth-order valence-corrected chi connectivity index (χ4v) is 3.98. The summed E-state index contributed by atoms with van der Waals surface area (Å²) in [5.74, 6) is 0.729. The van der Waals surface area contributed by atoms with Crippen LogP contribution in [-0.4, -0.2) is 47.6 Å². The summed E-state index contributed by atoms with van der Waals surface area (Å²) < 4.78 is 45.3. The van der Waals surface area contributed by atoms with Gasteiger partial charge in [-0.2, -0.15) is 23.0 Å². The first-order valence-electron chi connectivity index (χ1n) is 10.2. The molecule has 0 N–H and O–H groups in total. The highest BCUT2D eigenvalue weighted by atomic mass is 35.5. The zero-order valence-corrected chi connectivity index (χ0v) is 18.6. The summed E-state index contributed by atoms with van der Waals surface area (Å²) >= 11 is 6.33. The molecule has 0 saturated carbocycles. The molecule has 0 bridgehead atoms. The molecule has 0 radical (unpaired) electrons. The van der Waals surface area contributed by atoms with E-state index < -0.39 is 17.3 Å². The van der Waals surface area contributed by atoms with Gasteiger partial charge in [-0.1, -0.05) is 23.7 Å². The maximum Gasteiger partial charge on any atom is 0.417 e. The van der Waals surface area contributed by atoms with Crippen LogP contribution in [0.15, 0.2) is 53.6 Å². The molecule has 2 aromatic heterocycles. The van der Waals surface area contributed by atoms with Crippen molar-refractivity contribution in [2.75, 3.05) is 36.5 Å². The van der Waals surface area contributed by atoms with Gasteiger partial charge in [-0.3, -0.25) is 4.79 Å². The topological polar surface area (TPSA) is 63.5 Å². The number of benzene rings is 1. The second-order valence-corrected chi connectivity index (χ2v) is 7.97. The molecular weight excluding hydrogens is 459 g/mol. The number of nitrogens with zero attached hydrogens (tertiary/aromatic N) is 5. The number of hydrogen-bond acceptors (Lipinski definition) is 6. The van der Waals surface area contributed by atoms with Crippen LogP contribution in [0.1, 0.15) is 12.5 Å². The third-order valence-electron chi connectivity index (χ3n) is 5.39. The molecule has 174 valence electrons. The number of hydrogen-bond donors (Lipinski definition) is 0. The van der Waals surface area contributed by atoms with Gasteiger partial charge in [0.05, 0.1) is 36.2 Å². The van der Waals surface area contributed by atoms with Crippen molar-refractivity contribution in [3.05, 3.63) is 69.7 Å². The average molecular weight is 480 g/mol. The number of halogens is 4. The smallest absolute Gasteiger partial charge is 0.417 e. The Morgan fingerprint density at radius 3 is 2.64 bits per heavy atom. The Morgan fingerprint density at radius 1 is 1.21 bits per heavy atom. The average Bonchev–Trinajstić information content (AvgIpc) is 2.79. The Morgan fingerprint density at radius 2 is 1.97 bits per heavy atom. The van der Waals surface area contributed by atoms with Crippen LogP contribution >= 0.6 is 11.6 Å². The fourth-order valence-electron chi connectivity index (χ4n) is 3.71. The number of alkyl halides is 3. The highest BCUT2D eigenvalue weighted by Gasteiger charge is 2.31. The number of para-hydroxylation sites is 2. The number of ether oxygens (including phenoxy) is 1. The lowest BCUT2D eigenvalue weighted by Crippen LogP contribution is -2.46. The Kier molecular flexibility index (Phi) is 6.20. The first kappa shape index (κ1) is 22.9. The molecule has 0 saturated heterocycles. The van der Waals surface area contributed by atoms with Gasteiger partial charge in [-0.15, -0.1) is 0 Å². The van der Waals surface area contributed by atoms with Crippen molar-refractivity contribution in [2.45, 2.75) is 19.2 Å². The van der Waals surface area contributed by atoms with Crippen molar-refractivity contribution in [1.82, 2.24) is 14.8 Å². The molecule has 3 aromatic rings. The first-order chi connectivity index (χ1) is 15.7. The van der Waals surface area contributed by atoms with E-state index in [1.165, 1.54) is 6.20 Å². The van der Waals surface area contributed by atoms with Crippen LogP contribution in [0, 0.1) is 0 Å². The number of fused-ring (bicyclic) bond motifs is 1. The molecule has 1 aliphatic heterocycles. The molecule has 1 aliphatic rings. The largest absolute Gasteiger partial charge is 0.485 e. The molecule has 4 rings (SSSR count). The number of aromatic nitrogens is 3. The molecule has 7 nitrogen and oxygen atoms in total. The van der Waals surface area contributed by atoms with Crippen LogP contribution < -0.4 is 20.1 Å². The minimum absolute atomic E-state index is 0.0603. The summed E-state index contributed by atoms with van der Waals surface area (Å²) in [5, 5.41) is 3.95. The monoisotopic (exact) mass is 479 g/mol. The van der Waals surface area contributed by atoms with Crippen molar-refractivity contribution in [3.8, 4) is 11.6 Å². The van der Waals surface area contributed by atoms with Gasteiger partial charge in [0.2, 0.25) is 0 Å². The second kappa shape index (κ2) is 8.93. The van der Waals surface area contributed by atoms with Crippen molar-refractivity contribution in [2.24, 2.45) is 0 Å². The van der Waals surface area contributed by atoms with Gasteiger partial charge >= 0.3 is 6.18 Å². The molecule has 1 aromatic carbocycles. The maximum absolute atomic E-state index is 12.8. The Bertz CT molecular complexity index is 1200. The summed E-state index contributed by atoms with van der Waals surface area (Å²) in [7, 11) is 1.77. The van der Waals surface area contributed by atoms with E-state index in [2.05, 4.69) is 21.9 Å². The van der Waals surface area contributed by atoms with E-state index in [1.54, 1.807) is 11.9 Å². The fraction of sp³-hybridized carbons (Fsp3) is 0.318. The predicted molar refractivity (Wildman–Crippen MR) is 120 cm³/mol. The highest BCUT2D eigenvalue weighted by molar-refractivity contribution is 6.33. The van der Waals surface area contributed by atoms with Crippen LogP contribution in [0.5, 0.6) is 5.75 Å². The van der Waals surface area contributed by atoms with Gasteiger partial charge in [0, 0.05) is 19.8 Å². The predicted octanol–water partition coefficient (Wildman–Crippen LogP) is 4.02. The van der Waals surface area contributed by atoms with Gasteiger partial charge in [0.15, 0.2) is 5.82 Å². The Labute approximate surface area is 193 Å². The molecule has 0 spiro atoms. The van der Waals surface area contributed by atoms with Gasteiger partial charge in [0.1, 0.15) is 16.9 Å². The quantitative estimate of drug-likeness (QED) is 0.551. The van der Waals surface area contributed by atoms with E-state index in [9.17, 15) is 18.0 Å². The lowest BCUT2D eigenvalue weighted by molar-refractivity contribution is -0.137. The maximum atomic E-state index is 12.8. The number of pyridine rings is 1. The van der Waals surface area contributed by atoms with E-state index in [1.807, 2.05) is 24.3 Å². The van der Waals surface area contributed by atoms with Crippen LogP contribution in [0.25, 0.3) is 5.82 Å². The highest BCUT2D eigenvalue weighted by Crippen LogP contribution is 2.33. The summed E-state index contributed by atoms with van der Waals surface area (Å²) in [6, 6.07) is 9.70. The van der Waals surface area contributed by atoms with Crippen molar-refractivity contribution in [1.29, 1.82) is 0 Å². The van der Waals surface area contributed by atoms with Crippen LogP contribution in [0.4, 0.5) is 24.5 Å². The van der Waals surface area contributed by atoms with Crippen LogP contribution in [-0.2, 0) is 6.18 Å². The number of likely N-dealkylation sites (N-methyl/N-ethyl adjacent to an activating group) is 2. The zero-order valence-electron chi connectivity index (χ0n) is 17.9. The third kappa shape index (κ3) is 4.61. The van der Waals surface area contributed by atoms with E-state index >= 15 is 0 Å². The molecule has 33 heavy (non-hydrogen) atoms. The van der Waals surface area contributed by atoms with Gasteiger partial charge in [0.25, 0.3) is 5.56 Å². The summed E-state index contributed by atoms with van der Waals surface area (Å²) in [6.07, 6.45) is -2.67. The molecule has 0 unspecified atom stereocenters. The number of rotatable bonds is 5. The summed E-state index contributed by atoms with van der Waals surface area (Å²) in [6.45, 7) is 3.99. The van der Waals surface area contributed by atoms with E-state index in [4.69, 9.17) is 16.3 Å². The minimum Gasteiger partial charge on any atom is -0.485 e. The molecule has 0 fully saturated rings. The molecule has 0 aliphatic carbocycles. The van der Waals surface area contributed by atoms with Crippen LogP contribution in [0.3, 0.4) is 0 Å².